The molecule has 5 heteroatoms. The molecule has 2 heterocycles. The van der Waals surface area contributed by atoms with Gasteiger partial charge in [0.25, 0.3) is 0 Å². The molecule has 1 atom stereocenters. The van der Waals surface area contributed by atoms with E-state index in [1.165, 1.54) is 31.0 Å². The molecule has 3 aromatic rings. The number of nitrogens with zero attached hydrogens (tertiary/aromatic N) is 2. The van der Waals surface area contributed by atoms with Crippen molar-refractivity contribution in [3.8, 4) is 17.0 Å². The van der Waals surface area contributed by atoms with Crippen LogP contribution in [0.4, 0.5) is 8.78 Å². The highest BCUT2D eigenvalue weighted by Crippen LogP contribution is 2.33. The van der Waals surface area contributed by atoms with Gasteiger partial charge in [-0.2, -0.15) is 0 Å². The average Bonchev–Trinajstić information content (AvgIpc) is 3.47. The maximum absolute atomic E-state index is 14.1. The lowest BCUT2D eigenvalue weighted by Gasteiger charge is -2.12. The van der Waals surface area contributed by atoms with Gasteiger partial charge in [-0.25, -0.2) is 13.8 Å². The summed E-state index contributed by atoms with van der Waals surface area (Å²) < 4.78 is 34.1. The number of benzene rings is 2. The first kappa shape index (κ1) is 19.9. The summed E-state index contributed by atoms with van der Waals surface area (Å²) in [6.45, 7) is 0. The number of hydrogen-bond donors (Lipinski definition) is 0. The summed E-state index contributed by atoms with van der Waals surface area (Å²) >= 11 is 0. The van der Waals surface area contributed by atoms with Crippen LogP contribution in [0.25, 0.3) is 11.1 Å². The molecule has 0 amide bonds. The Hall–Kier alpha value is -3.08. The number of pyridine rings is 1. The first-order valence-corrected chi connectivity index (χ1v) is 10.9. The summed E-state index contributed by atoms with van der Waals surface area (Å²) in [7, 11) is 0. The fraction of sp³-hybridized carbons (Fsp3) is 0.308. The van der Waals surface area contributed by atoms with E-state index < -0.39 is 11.6 Å². The zero-order valence-corrected chi connectivity index (χ0v) is 17.2. The Balaban J connectivity index is 1.29. The highest BCUT2D eigenvalue weighted by molar-refractivity contribution is 6.02. The first-order chi connectivity index (χ1) is 15.2. The van der Waals surface area contributed by atoms with Gasteiger partial charge in [-0.05, 0) is 67.9 Å². The lowest BCUT2D eigenvalue weighted by Crippen LogP contribution is -2.11. The Morgan fingerprint density at radius 1 is 0.806 bits per heavy atom. The van der Waals surface area contributed by atoms with Crippen molar-refractivity contribution in [2.24, 2.45) is 4.99 Å². The van der Waals surface area contributed by atoms with Crippen molar-refractivity contribution in [3.63, 3.8) is 0 Å². The predicted octanol–water partition coefficient (Wildman–Crippen LogP) is 6.67. The van der Waals surface area contributed by atoms with Crippen molar-refractivity contribution in [2.75, 3.05) is 0 Å². The van der Waals surface area contributed by atoms with Crippen LogP contribution in [0.3, 0.4) is 0 Å². The molecule has 1 fully saturated rings. The summed E-state index contributed by atoms with van der Waals surface area (Å²) in [6.07, 6.45) is 8.14. The van der Waals surface area contributed by atoms with E-state index in [1.807, 2.05) is 42.6 Å². The van der Waals surface area contributed by atoms with Gasteiger partial charge in [0, 0.05) is 23.5 Å². The van der Waals surface area contributed by atoms with Crippen LogP contribution in [-0.4, -0.2) is 16.8 Å². The number of rotatable bonds is 5. The average molecular weight is 418 g/mol. The minimum atomic E-state index is -0.553. The summed E-state index contributed by atoms with van der Waals surface area (Å²) in [5, 5.41) is 0. The molecule has 2 aromatic carbocycles. The molecular weight excluding hydrogens is 394 g/mol. The van der Waals surface area contributed by atoms with E-state index >= 15 is 0 Å². The van der Waals surface area contributed by atoms with E-state index in [0.717, 1.165) is 36.0 Å². The van der Waals surface area contributed by atoms with Crippen molar-refractivity contribution < 1.29 is 13.5 Å². The van der Waals surface area contributed by atoms with Crippen molar-refractivity contribution in [2.45, 2.75) is 50.7 Å². The van der Waals surface area contributed by atoms with E-state index in [9.17, 15) is 8.78 Å². The fourth-order valence-electron chi connectivity index (χ4n) is 4.49. The van der Waals surface area contributed by atoms with E-state index in [0.29, 0.717) is 24.1 Å². The van der Waals surface area contributed by atoms with Gasteiger partial charge >= 0.3 is 0 Å². The molecule has 2 aliphatic rings. The highest BCUT2D eigenvalue weighted by atomic mass is 19.1. The standard InChI is InChI=1S/C26H24F2N2O/c27-21-6-3-7-22(28)26(21)24-14-13-23(30-24)18-10-8-17(9-11-18)19-12-15-25(29-16-19)31-20-4-1-2-5-20/h3,6-12,15-16,20,23H,1-2,4-5,13-14H2. The monoisotopic (exact) mass is 418 g/mol. The molecule has 0 N–H and O–H groups in total. The third-order valence-corrected chi connectivity index (χ3v) is 6.17. The van der Waals surface area contributed by atoms with Crippen LogP contribution in [0.15, 0.2) is 65.8 Å². The SMILES string of the molecule is Fc1cccc(F)c1C1=NC(c2ccc(-c3ccc(OC4CCCC4)nc3)cc2)CC1. The summed E-state index contributed by atoms with van der Waals surface area (Å²) in [5.74, 6) is -0.425. The van der Waals surface area contributed by atoms with Crippen LogP contribution in [0.5, 0.6) is 5.88 Å². The molecule has 5 rings (SSSR count). The Bertz CT molecular complexity index is 1070. The molecule has 0 radical (unpaired) electrons. The molecule has 1 unspecified atom stereocenters. The van der Waals surface area contributed by atoms with Crippen molar-refractivity contribution in [1.82, 2.24) is 4.98 Å². The van der Waals surface area contributed by atoms with E-state index in [1.54, 1.807) is 0 Å². The molecule has 31 heavy (non-hydrogen) atoms. The van der Waals surface area contributed by atoms with Gasteiger partial charge in [-0.15, -0.1) is 0 Å². The molecular formula is C26H24F2N2O. The molecule has 1 aromatic heterocycles. The lowest BCUT2D eigenvalue weighted by atomic mass is 10.00. The first-order valence-electron chi connectivity index (χ1n) is 10.9. The second-order valence-electron chi connectivity index (χ2n) is 8.26. The van der Waals surface area contributed by atoms with Crippen molar-refractivity contribution in [3.05, 3.63) is 83.6 Å². The maximum atomic E-state index is 14.1. The molecule has 0 spiro atoms. The van der Waals surface area contributed by atoms with Gasteiger partial charge in [0.1, 0.15) is 17.7 Å². The normalized spacial score (nSPS) is 18.9. The number of aliphatic imine (C=N–C) groups is 1. The van der Waals surface area contributed by atoms with E-state index in [2.05, 4.69) is 9.98 Å². The number of hydrogen-bond acceptors (Lipinski definition) is 3. The van der Waals surface area contributed by atoms with E-state index in [4.69, 9.17) is 4.74 Å². The third kappa shape index (κ3) is 4.22. The van der Waals surface area contributed by atoms with Crippen LogP contribution in [0.1, 0.15) is 55.7 Å². The van der Waals surface area contributed by atoms with Crippen LogP contribution in [0, 0.1) is 11.6 Å². The molecule has 1 aliphatic heterocycles. The van der Waals surface area contributed by atoms with Gasteiger partial charge in [0.15, 0.2) is 0 Å². The lowest BCUT2D eigenvalue weighted by molar-refractivity contribution is 0.201. The highest BCUT2D eigenvalue weighted by Gasteiger charge is 2.24. The van der Waals surface area contributed by atoms with Gasteiger partial charge in [0.2, 0.25) is 5.88 Å². The largest absolute Gasteiger partial charge is 0.474 e. The van der Waals surface area contributed by atoms with Gasteiger partial charge in [-0.1, -0.05) is 30.3 Å². The topological polar surface area (TPSA) is 34.5 Å². The van der Waals surface area contributed by atoms with E-state index in [-0.39, 0.29) is 11.6 Å². The molecule has 0 saturated heterocycles. The predicted molar refractivity (Wildman–Crippen MR) is 117 cm³/mol. The second-order valence-corrected chi connectivity index (χ2v) is 8.26. The molecule has 3 nitrogen and oxygen atoms in total. The minimum Gasteiger partial charge on any atom is -0.474 e. The van der Waals surface area contributed by atoms with Crippen molar-refractivity contribution >= 4 is 5.71 Å². The minimum absolute atomic E-state index is 0.00704. The summed E-state index contributed by atoms with van der Waals surface area (Å²) in [6, 6.07) is 16.0. The Morgan fingerprint density at radius 2 is 1.52 bits per heavy atom. The van der Waals surface area contributed by atoms with Crippen molar-refractivity contribution in [1.29, 1.82) is 0 Å². The number of aromatic nitrogens is 1. The zero-order chi connectivity index (χ0) is 21.2. The van der Waals surface area contributed by atoms with Gasteiger partial charge in [0.05, 0.1) is 11.6 Å². The van der Waals surface area contributed by atoms with Gasteiger partial charge < -0.3 is 4.74 Å². The maximum Gasteiger partial charge on any atom is 0.213 e. The molecule has 158 valence electrons. The zero-order valence-electron chi connectivity index (χ0n) is 17.2. The summed E-state index contributed by atoms with van der Waals surface area (Å²) in [4.78, 5) is 9.08. The quantitative estimate of drug-likeness (QED) is 0.464. The van der Waals surface area contributed by atoms with Crippen LogP contribution < -0.4 is 4.74 Å². The number of halogens is 2. The molecule has 1 saturated carbocycles. The number of ether oxygens (including phenoxy) is 1. The Labute approximate surface area is 180 Å². The second kappa shape index (κ2) is 8.58. The van der Waals surface area contributed by atoms with Crippen LogP contribution in [0.2, 0.25) is 0 Å². The molecule has 0 bridgehead atoms. The van der Waals surface area contributed by atoms with Crippen LogP contribution >= 0.6 is 0 Å². The summed E-state index contributed by atoms with van der Waals surface area (Å²) in [5.41, 5.74) is 3.64. The van der Waals surface area contributed by atoms with Crippen LogP contribution in [-0.2, 0) is 0 Å². The smallest absolute Gasteiger partial charge is 0.213 e. The molecule has 1 aliphatic carbocycles. The Morgan fingerprint density at radius 3 is 2.19 bits per heavy atom. The third-order valence-electron chi connectivity index (χ3n) is 6.17. The Kier molecular flexibility index (Phi) is 5.49. The fourth-order valence-corrected chi connectivity index (χ4v) is 4.49. The van der Waals surface area contributed by atoms with Gasteiger partial charge in [-0.3, -0.25) is 4.99 Å².